The van der Waals surface area contributed by atoms with E-state index < -0.39 is 18.6 Å². The average molecular weight is 386 g/mol. The van der Waals surface area contributed by atoms with Gasteiger partial charge in [0, 0.05) is 31.9 Å². The molecule has 0 aliphatic carbocycles. The first-order valence-corrected chi connectivity index (χ1v) is 8.92. The van der Waals surface area contributed by atoms with Crippen molar-refractivity contribution in [3.63, 3.8) is 0 Å². The third-order valence-corrected chi connectivity index (χ3v) is 4.36. The van der Waals surface area contributed by atoms with Gasteiger partial charge < -0.3 is 10.6 Å². The zero-order valence-electron chi connectivity index (χ0n) is 15.3. The average Bonchev–Trinajstić information content (AvgIpc) is 2.61. The smallest absolute Gasteiger partial charge is 0.346 e. The van der Waals surface area contributed by atoms with E-state index >= 15 is 0 Å². The number of amides is 2. The fraction of sp³-hybridized carbons (Fsp3) is 0.556. The van der Waals surface area contributed by atoms with Crippen molar-refractivity contribution in [2.45, 2.75) is 19.5 Å². The van der Waals surface area contributed by atoms with Crippen molar-refractivity contribution in [2.75, 3.05) is 51.1 Å². The zero-order valence-corrected chi connectivity index (χ0v) is 15.3. The number of para-hydroxylation sites is 1. The van der Waals surface area contributed by atoms with Gasteiger partial charge in [-0.15, -0.1) is 0 Å². The van der Waals surface area contributed by atoms with Gasteiger partial charge in [-0.3, -0.25) is 19.4 Å². The van der Waals surface area contributed by atoms with Crippen LogP contribution in [-0.2, 0) is 16.0 Å². The van der Waals surface area contributed by atoms with E-state index in [1.807, 2.05) is 41.4 Å². The lowest BCUT2D eigenvalue weighted by atomic mass is 10.1. The van der Waals surface area contributed by atoms with E-state index in [1.165, 1.54) is 0 Å². The number of carbonyl (C=O) groups excluding carboxylic acids is 2. The molecule has 0 radical (unpaired) electrons. The monoisotopic (exact) mass is 386 g/mol. The number of hydrogen-bond donors (Lipinski definition) is 2. The predicted octanol–water partition coefficient (Wildman–Crippen LogP) is 1.48. The van der Waals surface area contributed by atoms with Crippen LogP contribution in [0.15, 0.2) is 24.3 Å². The summed E-state index contributed by atoms with van der Waals surface area (Å²) < 4.78 is 36.3. The summed E-state index contributed by atoms with van der Waals surface area (Å²) in [4.78, 5) is 27.6. The minimum absolute atomic E-state index is 0.0695. The Morgan fingerprint density at radius 1 is 1.00 bits per heavy atom. The van der Waals surface area contributed by atoms with E-state index in [-0.39, 0.29) is 19.0 Å². The van der Waals surface area contributed by atoms with Crippen molar-refractivity contribution < 1.29 is 22.8 Å². The SMILES string of the molecule is CCc1ccccc1NC(=O)CN1CCN(CC(=O)NCC(F)(F)F)CC1. The molecule has 2 amide bonds. The molecule has 2 N–H and O–H groups in total. The van der Waals surface area contributed by atoms with Crippen molar-refractivity contribution in [1.82, 2.24) is 15.1 Å². The molecule has 2 rings (SSSR count). The summed E-state index contributed by atoms with van der Waals surface area (Å²) in [7, 11) is 0. The number of piperazine rings is 1. The highest BCUT2D eigenvalue weighted by molar-refractivity contribution is 5.93. The highest BCUT2D eigenvalue weighted by Gasteiger charge is 2.28. The van der Waals surface area contributed by atoms with Crippen LogP contribution in [0, 0.1) is 0 Å². The van der Waals surface area contributed by atoms with Gasteiger partial charge in [0.15, 0.2) is 0 Å². The van der Waals surface area contributed by atoms with Gasteiger partial charge in [-0.1, -0.05) is 25.1 Å². The third kappa shape index (κ3) is 7.56. The third-order valence-electron chi connectivity index (χ3n) is 4.36. The Morgan fingerprint density at radius 2 is 1.56 bits per heavy atom. The molecule has 1 aromatic carbocycles. The first-order valence-electron chi connectivity index (χ1n) is 8.92. The summed E-state index contributed by atoms with van der Waals surface area (Å²) >= 11 is 0. The molecular weight excluding hydrogens is 361 g/mol. The molecule has 1 aliphatic rings. The van der Waals surface area contributed by atoms with Crippen LogP contribution in [0.3, 0.4) is 0 Å². The zero-order chi connectivity index (χ0) is 19.9. The summed E-state index contributed by atoms with van der Waals surface area (Å²) in [6.07, 6.45) is -3.58. The molecule has 27 heavy (non-hydrogen) atoms. The minimum atomic E-state index is -4.40. The van der Waals surface area contributed by atoms with Crippen LogP contribution >= 0.6 is 0 Å². The second-order valence-corrected chi connectivity index (χ2v) is 6.50. The number of carbonyl (C=O) groups is 2. The van der Waals surface area contributed by atoms with Crippen LogP contribution in [0.1, 0.15) is 12.5 Å². The van der Waals surface area contributed by atoms with Crippen LogP contribution < -0.4 is 10.6 Å². The standard InChI is InChI=1S/C18H25F3N4O2/c1-2-14-5-3-4-6-15(14)23-17(27)12-25-9-7-24(8-10-25)11-16(26)22-13-18(19,20)21/h3-6H,2,7-13H2,1H3,(H,22,26)(H,23,27). The second-order valence-electron chi connectivity index (χ2n) is 6.50. The van der Waals surface area contributed by atoms with E-state index in [1.54, 1.807) is 4.90 Å². The van der Waals surface area contributed by atoms with Crippen LogP contribution in [0.5, 0.6) is 0 Å². The number of anilines is 1. The van der Waals surface area contributed by atoms with Crippen LogP contribution in [0.2, 0.25) is 0 Å². The molecule has 0 aromatic heterocycles. The topological polar surface area (TPSA) is 64.7 Å². The normalized spacial score (nSPS) is 16.1. The van der Waals surface area contributed by atoms with Gasteiger partial charge in [0.25, 0.3) is 0 Å². The molecule has 1 fully saturated rings. The molecule has 0 unspecified atom stereocenters. The van der Waals surface area contributed by atoms with E-state index in [9.17, 15) is 22.8 Å². The van der Waals surface area contributed by atoms with Gasteiger partial charge in [0.1, 0.15) is 6.54 Å². The maximum atomic E-state index is 12.3. The highest BCUT2D eigenvalue weighted by Crippen LogP contribution is 2.15. The molecule has 0 atom stereocenters. The Kier molecular flexibility index (Phi) is 7.61. The van der Waals surface area contributed by atoms with Gasteiger partial charge in [0.2, 0.25) is 11.8 Å². The molecule has 0 spiro atoms. The quantitative estimate of drug-likeness (QED) is 0.745. The van der Waals surface area contributed by atoms with E-state index in [0.29, 0.717) is 26.2 Å². The van der Waals surface area contributed by atoms with Crippen molar-refractivity contribution >= 4 is 17.5 Å². The number of aryl methyl sites for hydroxylation is 1. The van der Waals surface area contributed by atoms with Gasteiger partial charge in [-0.25, -0.2) is 0 Å². The number of rotatable bonds is 7. The van der Waals surface area contributed by atoms with Gasteiger partial charge in [0.05, 0.1) is 13.1 Å². The summed E-state index contributed by atoms with van der Waals surface area (Å²) in [5.41, 5.74) is 1.88. The molecule has 1 aliphatic heterocycles. The lowest BCUT2D eigenvalue weighted by Crippen LogP contribution is -2.51. The van der Waals surface area contributed by atoms with Crippen molar-refractivity contribution in [3.8, 4) is 0 Å². The number of halogens is 3. The lowest BCUT2D eigenvalue weighted by Gasteiger charge is -2.33. The second kappa shape index (κ2) is 9.70. The van der Waals surface area contributed by atoms with Gasteiger partial charge in [-0.05, 0) is 18.1 Å². The van der Waals surface area contributed by atoms with E-state index in [0.717, 1.165) is 17.7 Å². The van der Waals surface area contributed by atoms with E-state index in [4.69, 9.17) is 0 Å². The Balaban J connectivity index is 1.71. The van der Waals surface area contributed by atoms with Gasteiger partial charge in [-0.2, -0.15) is 13.2 Å². The Morgan fingerprint density at radius 3 is 2.11 bits per heavy atom. The van der Waals surface area contributed by atoms with E-state index in [2.05, 4.69) is 5.32 Å². The number of benzene rings is 1. The summed E-state index contributed by atoms with van der Waals surface area (Å²) in [5.74, 6) is -0.748. The Bertz CT molecular complexity index is 644. The van der Waals surface area contributed by atoms with Crippen LogP contribution in [0.25, 0.3) is 0 Å². The molecular formula is C18H25F3N4O2. The molecule has 1 aromatic rings. The minimum Gasteiger partial charge on any atom is -0.346 e. The van der Waals surface area contributed by atoms with Crippen molar-refractivity contribution in [3.05, 3.63) is 29.8 Å². The maximum absolute atomic E-state index is 12.3. The Hall–Kier alpha value is -2.13. The molecule has 0 saturated carbocycles. The highest BCUT2D eigenvalue weighted by atomic mass is 19.4. The largest absolute Gasteiger partial charge is 0.405 e. The van der Waals surface area contributed by atoms with Crippen molar-refractivity contribution in [2.24, 2.45) is 0 Å². The number of hydrogen-bond acceptors (Lipinski definition) is 4. The van der Waals surface area contributed by atoms with Crippen LogP contribution in [-0.4, -0.2) is 73.6 Å². The molecule has 9 heteroatoms. The van der Waals surface area contributed by atoms with Crippen molar-refractivity contribution in [1.29, 1.82) is 0 Å². The first-order chi connectivity index (χ1) is 12.8. The lowest BCUT2D eigenvalue weighted by molar-refractivity contribution is -0.139. The summed E-state index contributed by atoms with van der Waals surface area (Å²) in [5, 5.41) is 4.79. The number of nitrogens with zero attached hydrogens (tertiary/aromatic N) is 2. The molecule has 0 bridgehead atoms. The first kappa shape index (κ1) is 21.2. The Labute approximate surface area is 156 Å². The number of nitrogens with one attached hydrogen (secondary N) is 2. The van der Waals surface area contributed by atoms with Gasteiger partial charge >= 0.3 is 6.18 Å². The maximum Gasteiger partial charge on any atom is 0.405 e. The molecule has 1 saturated heterocycles. The fourth-order valence-electron chi connectivity index (χ4n) is 2.91. The fourth-order valence-corrected chi connectivity index (χ4v) is 2.91. The number of alkyl halides is 3. The molecule has 150 valence electrons. The molecule has 1 heterocycles. The summed E-state index contributed by atoms with van der Waals surface area (Å²) in [6, 6.07) is 7.64. The van der Waals surface area contributed by atoms with Crippen LogP contribution in [0.4, 0.5) is 18.9 Å². The molecule has 6 nitrogen and oxygen atoms in total. The summed E-state index contributed by atoms with van der Waals surface area (Å²) in [6.45, 7) is 3.09. The predicted molar refractivity (Wildman–Crippen MR) is 96.4 cm³/mol.